The lowest BCUT2D eigenvalue weighted by Gasteiger charge is -2.32. The van der Waals surface area contributed by atoms with E-state index in [2.05, 4.69) is 6.92 Å². The third kappa shape index (κ3) is 8.39. The molecule has 7 N–H and O–H groups in total. The number of amides is 1. The van der Waals surface area contributed by atoms with E-state index in [9.17, 15) is 24.9 Å². The molecule has 8 nitrogen and oxygen atoms in total. The van der Waals surface area contributed by atoms with Crippen molar-refractivity contribution in [1.29, 1.82) is 0 Å². The Balaban J connectivity index is 2.49. The van der Waals surface area contributed by atoms with Gasteiger partial charge in [-0.3, -0.25) is 9.59 Å². The van der Waals surface area contributed by atoms with Gasteiger partial charge in [-0.1, -0.05) is 44.7 Å². The van der Waals surface area contributed by atoms with Gasteiger partial charge in [-0.2, -0.15) is 0 Å². The molecule has 0 bridgehead atoms. The van der Waals surface area contributed by atoms with Crippen LogP contribution >= 0.6 is 0 Å². The van der Waals surface area contributed by atoms with Crippen molar-refractivity contribution in [3.05, 3.63) is 29.8 Å². The zero-order valence-corrected chi connectivity index (χ0v) is 17.0. The van der Waals surface area contributed by atoms with E-state index < -0.39 is 36.0 Å². The summed E-state index contributed by atoms with van der Waals surface area (Å²) < 4.78 is 5.70. The van der Waals surface area contributed by atoms with E-state index in [0.29, 0.717) is 13.0 Å². The number of hydrogen-bond donors (Lipinski definition) is 5. The number of ether oxygens (including phenoxy) is 1. The number of hydrogen-bond acceptors (Lipinski definition) is 6. The first kappa shape index (κ1) is 24.9. The predicted octanol–water partition coefficient (Wildman–Crippen LogP) is 1.35. The van der Waals surface area contributed by atoms with Crippen molar-refractivity contribution in [3.63, 3.8) is 0 Å². The highest BCUT2D eigenvalue weighted by atomic mass is 16.5. The summed E-state index contributed by atoms with van der Waals surface area (Å²) in [5, 5.41) is 29.6. The maximum atomic E-state index is 11.4. The van der Waals surface area contributed by atoms with Gasteiger partial charge in [0.1, 0.15) is 11.9 Å². The Morgan fingerprint density at radius 3 is 2.28 bits per heavy atom. The van der Waals surface area contributed by atoms with Gasteiger partial charge in [0, 0.05) is 0 Å². The van der Waals surface area contributed by atoms with Crippen molar-refractivity contribution in [1.82, 2.24) is 0 Å². The van der Waals surface area contributed by atoms with E-state index in [1.54, 1.807) is 0 Å². The first-order chi connectivity index (χ1) is 13.7. The molecule has 0 aliphatic rings. The molecule has 164 valence electrons. The summed E-state index contributed by atoms with van der Waals surface area (Å²) in [7, 11) is 0. The Morgan fingerprint density at radius 2 is 1.72 bits per heavy atom. The molecule has 1 amide bonds. The van der Waals surface area contributed by atoms with Crippen LogP contribution in [0.5, 0.6) is 5.75 Å². The zero-order valence-electron chi connectivity index (χ0n) is 17.0. The molecule has 0 radical (unpaired) electrons. The Bertz CT molecular complexity index is 637. The number of rotatable bonds is 15. The average molecular weight is 411 g/mol. The Hall–Kier alpha value is -2.16. The molecule has 1 aromatic carbocycles. The fourth-order valence-electron chi connectivity index (χ4n) is 3.06. The normalized spacial score (nSPS) is 15.3. The monoisotopic (exact) mass is 410 g/mol. The number of aliphatic carboxylic acids is 1. The topological polar surface area (TPSA) is 156 Å². The summed E-state index contributed by atoms with van der Waals surface area (Å²) in [6, 6.07) is 7.37. The molecule has 0 aromatic heterocycles. The summed E-state index contributed by atoms with van der Waals surface area (Å²) in [6.45, 7) is 2.85. The van der Waals surface area contributed by atoms with Crippen molar-refractivity contribution >= 4 is 11.9 Å². The summed E-state index contributed by atoms with van der Waals surface area (Å²) in [4.78, 5) is 22.4. The van der Waals surface area contributed by atoms with Crippen LogP contribution in [0.15, 0.2) is 24.3 Å². The maximum Gasteiger partial charge on any atom is 0.327 e. The van der Waals surface area contributed by atoms with E-state index in [1.165, 1.54) is 19.3 Å². The molecule has 3 unspecified atom stereocenters. The maximum absolute atomic E-state index is 11.4. The van der Waals surface area contributed by atoms with Crippen molar-refractivity contribution in [3.8, 4) is 5.75 Å². The predicted molar refractivity (Wildman–Crippen MR) is 109 cm³/mol. The van der Waals surface area contributed by atoms with Gasteiger partial charge in [-0.05, 0) is 37.0 Å². The van der Waals surface area contributed by atoms with E-state index >= 15 is 0 Å². The summed E-state index contributed by atoms with van der Waals surface area (Å²) in [5.41, 5.74) is 9.20. The number of aliphatic hydroxyl groups is 2. The van der Waals surface area contributed by atoms with Gasteiger partial charge >= 0.3 is 5.97 Å². The Kier molecular flexibility index (Phi) is 10.6. The molecule has 0 saturated carbocycles. The molecule has 1 rings (SSSR count). The van der Waals surface area contributed by atoms with Gasteiger partial charge < -0.3 is 31.5 Å². The second-order valence-corrected chi connectivity index (χ2v) is 7.45. The Morgan fingerprint density at radius 1 is 1.10 bits per heavy atom. The van der Waals surface area contributed by atoms with Gasteiger partial charge in [0.2, 0.25) is 5.91 Å². The molecule has 3 atom stereocenters. The number of aliphatic hydroxyl groups excluding tert-OH is 2. The molecule has 0 spiro atoms. The number of benzene rings is 1. The zero-order chi connectivity index (χ0) is 21.9. The van der Waals surface area contributed by atoms with Crippen LogP contribution in [0.1, 0.15) is 57.4 Å². The van der Waals surface area contributed by atoms with Crippen LogP contribution in [-0.2, 0) is 16.0 Å². The number of carboxylic acid groups (broad SMARTS) is 1. The fraction of sp³-hybridized carbons (Fsp3) is 0.619. The van der Waals surface area contributed by atoms with Crippen LogP contribution in [0.25, 0.3) is 0 Å². The number of carboxylic acids is 1. The van der Waals surface area contributed by atoms with Crippen LogP contribution in [0.4, 0.5) is 0 Å². The van der Waals surface area contributed by atoms with Gasteiger partial charge in [-0.15, -0.1) is 0 Å². The Labute approximate surface area is 171 Å². The minimum Gasteiger partial charge on any atom is -0.494 e. The summed E-state index contributed by atoms with van der Waals surface area (Å²) in [5.74, 6) is -1.81. The van der Waals surface area contributed by atoms with Gasteiger partial charge in [-0.25, -0.2) is 0 Å². The smallest absolute Gasteiger partial charge is 0.327 e. The van der Waals surface area contributed by atoms with Crippen molar-refractivity contribution < 1.29 is 29.6 Å². The van der Waals surface area contributed by atoms with Gasteiger partial charge in [0.25, 0.3) is 0 Å². The molecule has 0 heterocycles. The van der Waals surface area contributed by atoms with Crippen LogP contribution in [-0.4, -0.2) is 51.5 Å². The van der Waals surface area contributed by atoms with Crippen LogP contribution in [0, 0.1) is 0 Å². The number of carbonyl (C=O) groups excluding carboxylic acids is 1. The number of carbonyl (C=O) groups is 2. The average Bonchev–Trinajstić information content (AvgIpc) is 2.68. The summed E-state index contributed by atoms with van der Waals surface area (Å²) >= 11 is 0. The lowest BCUT2D eigenvalue weighted by atomic mass is 9.84. The van der Waals surface area contributed by atoms with Crippen molar-refractivity contribution in [2.45, 2.75) is 76.0 Å². The SMILES string of the molecule is CCCCCCCOc1ccc(CCC(O)C(O)C(N)(CC(N)=O)C(=O)O)cc1. The van der Waals surface area contributed by atoms with Crippen LogP contribution in [0.3, 0.4) is 0 Å². The number of primary amides is 1. The third-order valence-corrected chi connectivity index (χ3v) is 4.93. The van der Waals surface area contributed by atoms with E-state index in [1.807, 2.05) is 24.3 Å². The second kappa shape index (κ2) is 12.4. The highest BCUT2D eigenvalue weighted by molar-refractivity contribution is 5.87. The van der Waals surface area contributed by atoms with Gasteiger partial charge in [0.15, 0.2) is 5.54 Å². The largest absolute Gasteiger partial charge is 0.494 e. The number of nitrogens with two attached hydrogens (primary N) is 2. The first-order valence-electron chi connectivity index (χ1n) is 10.1. The highest BCUT2D eigenvalue weighted by Crippen LogP contribution is 2.20. The molecular weight excluding hydrogens is 376 g/mol. The molecule has 1 aromatic rings. The minimum atomic E-state index is -2.33. The van der Waals surface area contributed by atoms with Crippen molar-refractivity contribution in [2.24, 2.45) is 11.5 Å². The second-order valence-electron chi connectivity index (χ2n) is 7.45. The quantitative estimate of drug-likeness (QED) is 0.273. The molecular formula is C21H34N2O6. The third-order valence-electron chi connectivity index (χ3n) is 4.93. The van der Waals surface area contributed by atoms with Crippen molar-refractivity contribution in [2.75, 3.05) is 6.61 Å². The first-order valence-corrected chi connectivity index (χ1v) is 10.1. The molecule has 0 aliphatic heterocycles. The lowest BCUT2D eigenvalue weighted by molar-refractivity contribution is -0.154. The molecule has 0 aliphatic carbocycles. The van der Waals surface area contributed by atoms with E-state index in [-0.39, 0.29) is 6.42 Å². The number of aryl methyl sites for hydroxylation is 1. The highest BCUT2D eigenvalue weighted by Gasteiger charge is 2.46. The number of unbranched alkanes of at least 4 members (excludes halogenated alkanes) is 4. The fourth-order valence-corrected chi connectivity index (χ4v) is 3.06. The molecule has 29 heavy (non-hydrogen) atoms. The molecule has 8 heteroatoms. The van der Waals surface area contributed by atoms with Crippen LogP contribution in [0.2, 0.25) is 0 Å². The van der Waals surface area contributed by atoms with Crippen LogP contribution < -0.4 is 16.2 Å². The molecule has 0 fully saturated rings. The van der Waals surface area contributed by atoms with E-state index in [0.717, 1.165) is 24.2 Å². The minimum absolute atomic E-state index is 0.0732. The van der Waals surface area contributed by atoms with E-state index in [4.69, 9.17) is 16.2 Å². The van der Waals surface area contributed by atoms with Gasteiger partial charge in [0.05, 0.1) is 19.1 Å². The standard InChI is InChI=1S/C21H34N2O6/c1-2-3-4-5-6-13-29-16-10-7-15(8-11-16)9-12-17(24)19(26)21(23,20(27)28)14-18(22)25/h7-8,10-11,17,19,24,26H,2-6,9,12-14,23H2,1H3,(H2,22,25)(H,27,28). The molecule has 0 saturated heterocycles. The summed E-state index contributed by atoms with van der Waals surface area (Å²) in [6.07, 6.45) is 2.28. The lowest BCUT2D eigenvalue weighted by Crippen LogP contribution is -2.62.